The van der Waals surface area contributed by atoms with Crippen LogP contribution in [0.4, 0.5) is 13.2 Å². The number of hydrogen-bond donors (Lipinski definition) is 1. The summed E-state index contributed by atoms with van der Waals surface area (Å²) in [5.41, 5.74) is 0.988. The maximum atomic E-state index is 13.2. The number of nitrogens with zero attached hydrogens (tertiary/aromatic N) is 2. The van der Waals surface area contributed by atoms with Crippen LogP contribution in [0.2, 0.25) is 0 Å². The Morgan fingerprint density at radius 2 is 1.72 bits per heavy atom. The molecular formula is C20H16F3N3O2S. The van der Waals surface area contributed by atoms with Gasteiger partial charge in [0.2, 0.25) is 10.0 Å². The third kappa shape index (κ3) is 4.50. The second-order valence-corrected chi connectivity index (χ2v) is 7.98. The average molecular weight is 419 g/mol. The van der Waals surface area contributed by atoms with E-state index in [9.17, 15) is 21.6 Å². The molecule has 0 aliphatic rings. The standard InChI is InChI=1S/C20H16F3N3O2S/c1-3-12-24-29(27,28)17-10-8-16(9-11-17)26-18(13-19(25-26)20(21,22)23)15-6-4-14(2)5-7-15/h1,4-11,13,24H,12H2,2H3. The lowest BCUT2D eigenvalue weighted by Crippen LogP contribution is -2.23. The monoisotopic (exact) mass is 419 g/mol. The van der Waals surface area contributed by atoms with Crippen molar-refractivity contribution in [3.8, 4) is 29.3 Å². The summed E-state index contributed by atoms with van der Waals surface area (Å²) in [6.45, 7) is 1.70. The normalized spacial score (nSPS) is 12.0. The number of terminal acetylenes is 1. The van der Waals surface area contributed by atoms with E-state index >= 15 is 0 Å². The van der Waals surface area contributed by atoms with Crippen LogP contribution < -0.4 is 4.72 Å². The Hall–Kier alpha value is -3.09. The molecule has 2 aromatic carbocycles. The molecule has 0 saturated heterocycles. The molecule has 0 bridgehead atoms. The van der Waals surface area contributed by atoms with Gasteiger partial charge in [-0.25, -0.2) is 13.1 Å². The van der Waals surface area contributed by atoms with Gasteiger partial charge in [-0.1, -0.05) is 35.7 Å². The second kappa shape index (κ2) is 7.73. The lowest BCUT2D eigenvalue weighted by Gasteiger charge is -2.09. The topological polar surface area (TPSA) is 64.0 Å². The van der Waals surface area contributed by atoms with E-state index in [2.05, 4.69) is 15.7 Å². The van der Waals surface area contributed by atoms with E-state index in [4.69, 9.17) is 6.42 Å². The Labute approximate surface area is 166 Å². The average Bonchev–Trinajstić information content (AvgIpc) is 3.13. The predicted octanol–water partition coefficient (Wildman–Crippen LogP) is 3.78. The van der Waals surface area contributed by atoms with Crippen molar-refractivity contribution in [3.63, 3.8) is 0 Å². The van der Waals surface area contributed by atoms with Gasteiger partial charge >= 0.3 is 6.18 Å². The van der Waals surface area contributed by atoms with Gasteiger partial charge in [-0.15, -0.1) is 6.42 Å². The van der Waals surface area contributed by atoms with Crippen LogP contribution >= 0.6 is 0 Å². The van der Waals surface area contributed by atoms with Crippen molar-refractivity contribution in [2.24, 2.45) is 0 Å². The summed E-state index contributed by atoms with van der Waals surface area (Å²) in [6, 6.07) is 13.3. The first-order chi connectivity index (χ1) is 13.6. The van der Waals surface area contributed by atoms with Crippen LogP contribution in [0.15, 0.2) is 59.5 Å². The fourth-order valence-corrected chi connectivity index (χ4v) is 3.57. The van der Waals surface area contributed by atoms with E-state index < -0.39 is 21.9 Å². The summed E-state index contributed by atoms with van der Waals surface area (Å²) < 4.78 is 67.3. The second-order valence-electron chi connectivity index (χ2n) is 6.21. The highest BCUT2D eigenvalue weighted by Crippen LogP contribution is 2.33. The zero-order valence-corrected chi connectivity index (χ0v) is 16.1. The van der Waals surface area contributed by atoms with E-state index in [1.54, 1.807) is 24.3 Å². The SMILES string of the molecule is C#CCNS(=O)(=O)c1ccc(-n2nc(C(F)(F)F)cc2-c2ccc(C)cc2)cc1. The van der Waals surface area contributed by atoms with Crippen LogP contribution in [0.5, 0.6) is 0 Å². The van der Waals surface area contributed by atoms with E-state index in [1.807, 2.05) is 6.92 Å². The first-order valence-electron chi connectivity index (χ1n) is 8.40. The summed E-state index contributed by atoms with van der Waals surface area (Å²) in [7, 11) is -3.81. The molecule has 1 N–H and O–H groups in total. The van der Waals surface area contributed by atoms with Crippen molar-refractivity contribution in [1.29, 1.82) is 0 Å². The molecule has 0 aliphatic carbocycles. The van der Waals surface area contributed by atoms with Gasteiger partial charge in [0.15, 0.2) is 5.69 Å². The minimum atomic E-state index is -4.62. The highest BCUT2D eigenvalue weighted by atomic mass is 32.2. The van der Waals surface area contributed by atoms with Crippen molar-refractivity contribution in [1.82, 2.24) is 14.5 Å². The highest BCUT2D eigenvalue weighted by Gasteiger charge is 2.35. The lowest BCUT2D eigenvalue weighted by molar-refractivity contribution is -0.141. The Morgan fingerprint density at radius 1 is 1.10 bits per heavy atom. The first-order valence-corrected chi connectivity index (χ1v) is 9.88. The van der Waals surface area contributed by atoms with E-state index in [1.165, 1.54) is 24.3 Å². The number of hydrogen-bond acceptors (Lipinski definition) is 3. The van der Waals surface area contributed by atoms with E-state index in [0.717, 1.165) is 16.3 Å². The fraction of sp³-hybridized carbons (Fsp3) is 0.150. The van der Waals surface area contributed by atoms with Gasteiger partial charge in [-0.3, -0.25) is 0 Å². The summed E-state index contributed by atoms with van der Waals surface area (Å²) in [4.78, 5) is -0.0587. The number of aryl methyl sites for hydroxylation is 1. The largest absolute Gasteiger partial charge is 0.435 e. The number of aromatic nitrogens is 2. The van der Waals surface area contributed by atoms with Crippen LogP contribution in [0, 0.1) is 19.3 Å². The molecule has 5 nitrogen and oxygen atoms in total. The van der Waals surface area contributed by atoms with Gasteiger partial charge in [0.25, 0.3) is 0 Å². The van der Waals surface area contributed by atoms with Crippen LogP contribution in [0.1, 0.15) is 11.3 Å². The molecule has 3 aromatic rings. The Morgan fingerprint density at radius 3 is 2.28 bits per heavy atom. The van der Waals surface area contributed by atoms with Gasteiger partial charge in [-0.2, -0.15) is 23.0 Å². The molecule has 1 heterocycles. The minimum Gasteiger partial charge on any atom is -0.233 e. The first kappa shape index (κ1) is 20.6. The third-order valence-corrected chi connectivity index (χ3v) is 5.52. The summed E-state index contributed by atoms with van der Waals surface area (Å²) in [5.74, 6) is 2.17. The van der Waals surface area contributed by atoms with E-state index in [-0.39, 0.29) is 22.8 Å². The maximum Gasteiger partial charge on any atom is 0.435 e. The van der Waals surface area contributed by atoms with Crippen molar-refractivity contribution in [2.45, 2.75) is 18.0 Å². The van der Waals surface area contributed by atoms with Gasteiger partial charge in [0.05, 0.1) is 22.8 Å². The third-order valence-electron chi connectivity index (χ3n) is 4.10. The van der Waals surface area contributed by atoms with Crippen LogP contribution in [-0.4, -0.2) is 24.7 Å². The zero-order chi connectivity index (χ0) is 21.2. The maximum absolute atomic E-state index is 13.2. The number of halogens is 3. The Balaban J connectivity index is 2.07. The zero-order valence-electron chi connectivity index (χ0n) is 15.2. The molecule has 1 aromatic heterocycles. The molecule has 3 rings (SSSR count). The van der Waals surface area contributed by atoms with Crippen LogP contribution in [0.25, 0.3) is 16.9 Å². The number of rotatable bonds is 5. The minimum absolute atomic E-state index is 0.0587. The van der Waals surface area contributed by atoms with Gasteiger partial charge < -0.3 is 0 Å². The number of benzene rings is 2. The highest BCUT2D eigenvalue weighted by molar-refractivity contribution is 7.89. The van der Waals surface area contributed by atoms with Gasteiger partial charge in [0, 0.05) is 5.56 Å². The predicted molar refractivity (Wildman–Crippen MR) is 103 cm³/mol. The summed E-state index contributed by atoms with van der Waals surface area (Å²) in [6.07, 6.45) is 0.434. The lowest BCUT2D eigenvalue weighted by atomic mass is 10.1. The quantitative estimate of drug-likeness (QED) is 0.641. The molecule has 29 heavy (non-hydrogen) atoms. The fourth-order valence-electron chi connectivity index (χ4n) is 2.63. The Bertz CT molecular complexity index is 1160. The molecular weight excluding hydrogens is 403 g/mol. The number of sulfonamides is 1. The van der Waals surface area contributed by atoms with Crippen molar-refractivity contribution in [3.05, 3.63) is 65.9 Å². The molecule has 150 valence electrons. The molecule has 0 unspecified atom stereocenters. The van der Waals surface area contributed by atoms with Crippen LogP contribution in [0.3, 0.4) is 0 Å². The Kier molecular flexibility index (Phi) is 5.50. The molecule has 0 saturated carbocycles. The van der Waals surface area contributed by atoms with E-state index in [0.29, 0.717) is 5.56 Å². The van der Waals surface area contributed by atoms with Gasteiger partial charge in [0.1, 0.15) is 0 Å². The molecule has 9 heteroatoms. The van der Waals surface area contributed by atoms with Crippen molar-refractivity contribution in [2.75, 3.05) is 6.54 Å². The molecule has 0 aliphatic heterocycles. The molecule has 0 spiro atoms. The molecule has 0 amide bonds. The van der Waals surface area contributed by atoms with Gasteiger partial charge in [-0.05, 0) is 37.3 Å². The van der Waals surface area contributed by atoms with Crippen LogP contribution in [-0.2, 0) is 16.2 Å². The molecule has 0 atom stereocenters. The molecule has 0 radical (unpaired) electrons. The summed E-state index contributed by atoms with van der Waals surface area (Å²) in [5, 5.41) is 3.69. The molecule has 0 fully saturated rings. The summed E-state index contributed by atoms with van der Waals surface area (Å²) >= 11 is 0. The smallest absolute Gasteiger partial charge is 0.233 e. The number of alkyl halides is 3. The number of nitrogens with one attached hydrogen (secondary N) is 1. The van der Waals surface area contributed by atoms with Crippen molar-refractivity contribution < 1.29 is 21.6 Å². The van der Waals surface area contributed by atoms with Crippen molar-refractivity contribution >= 4 is 10.0 Å².